The zero-order valence-electron chi connectivity index (χ0n) is 23.4. The zero-order chi connectivity index (χ0) is 29.8. The van der Waals surface area contributed by atoms with Crippen LogP contribution < -0.4 is 9.64 Å². The molecule has 4 aromatic rings. The smallest absolute Gasteiger partial charge is 0.240 e. The second kappa shape index (κ2) is 10.5. The standard InChI is InChI=1S/C34H28ClN3O5/c1-33-27(42-20-21-7-3-2-4-8-21)17-34(43-33,15-16-41-28-14-12-23(35)19-37-28)30-29(33)31(39)38(32(30)40)26-13-11-22(18-36)24-9-5-6-10-25(24)26/h2-14,19,27,29-30H,15-17,20H2,1H3/t27-,29-,30+,33-,34+/m0/s1. The van der Waals surface area contributed by atoms with Crippen molar-refractivity contribution < 1.29 is 23.8 Å². The van der Waals surface area contributed by atoms with Gasteiger partial charge in [0.2, 0.25) is 17.7 Å². The van der Waals surface area contributed by atoms with E-state index in [4.69, 9.17) is 25.8 Å². The van der Waals surface area contributed by atoms with E-state index in [1.54, 1.807) is 24.3 Å². The molecular weight excluding hydrogens is 566 g/mol. The first-order valence-corrected chi connectivity index (χ1v) is 14.6. The largest absolute Gasteiger partial charge is 0.478 e. The van der Waals surface area contributed by atoms with Crippen LogP contribution in [-0.2, 0) is 25.7 Å². The first-order valence-electron chi connectivity index (χ1n) is 14.2. The van der Waals surface area contributed by atoms with Crippen molar-refractivity contribution in [3.63, 3.8) is 0 Å². The number of aromatic nitrogens is 1. The van der Waals surface area contributed by atoms with Crippen LogP contribution in [0.25, 0.3) is 10.8 Å². The molecule has 5 atom stereocenters. The number of nitriles is 1. The topological polar surface area (TPSA) is 102 Å². The Morgan fingerprint density at radius 1 is 1.00 bits per heavy atom. The summed E-state index contributed by atoms with van der Waals surface area (Å²) in [5.41, 5.74) is -0.0386. The highest BCUT2D eigenvalue weighted by Gasteiger charge is 2.77. The van der Waals surface area contributed by atoms with Crippen molar-refractivity contribution in [2.24, 2.45) is 11.8 Å². The number of imide groups is 1. The molecule has 216 valence electrons. The maximum atomic E-state index is 14.3. The van der Waals surface area contributed by atoms with Gasteiger partial charge in [-0.25, -0.2) is 9.88 Å². The molecule has 0 N–H and O–H groups in total. The number of ether oxygens (including phenoxy) is 3. The van der Waals surface area contributed by atoms with Crippen molar-refractivity contribution >= 4 is 39.9 Å². The van der Waals surface area contributed by atoms with Gasteiger partial charge in [-0.2, -0.15) is 5.26 Å². The van der Waals surface area contributed by atoms with Crippen molar-refractivity contribution in [1.29, 1.82) is 5.26 Å². The van der Waals surface area contributed by atoms with E-state index in [2.05, 4.69) is 11.1 Å². The molecule has 8 nitrogen and oxygen atoms in total. The van der Waals surface area contributed by atoms with Gasteiger partial charge in [0, 0.05) is 35.9 Å². The van der Waals surface area contributed by atoms with Gasteiger partial charge in [0.15, 0.2) is 0 Å². The fourth-order valence-corrected chi connectivity index (χ4v) is 7.30. The van der Waals surface area contributed by atoms with Gasteiger partial charge >= 0.3 is 0 Å². The summed E-state index contributed by atoms with van der Waals surface area (Å²) in [4.78, 5) is 34.2. The van der Waals surface area contributed by atoms with Crippen LogP contribution in [0.2, 0.25) is 5.02 Å². The quantitative estimate of drug-likeness (QED) is 0.236. The van der Waals surface area contributed by atoms with Crippen LogP contribution >= 0.6 is 11.6 Å². The summed E-state index contributed by atoms with van der Waals surface area (Å²) in [5, 5.41) is 11.5. The Balaban J connectivity index is 1.24. The average Bonchev–Trinajstić information content (AvgIpc) is 3.58. The molecule has 7 rings (SSSR count). The number of rotatable bonds is 8. The van der Waals surface area contributed by atoms with E-state index in [0.717, 1.165) is 5.56 Å². The number of hydrogen-bond donors (Lipinski definition) is 0. The maximum Gasteiger partial charge on any atom is 0.240 e. The molecule has 0 radical (unpaired) electrons. The monoisotopic (exact) mass is 593 g/mol. The summed E-state index contributed by atoms with van der Waals surface area (Å²) >= 11 is 5.97. The third kappa shape index (κ3) is 4.39. The fourth-order valence-electron chi connectivity index (χ4n) is 7.19. The predicted octanol–water partition coefficient (Wildman–Crippen LogP) is 5.85. The normalized spacial score (nSPS) is 27.5. The molecule has 3 aromatic carbocycles. The molecule has 3 fully saturated rings. The van der Waals surface area contributed by atoms with Crippen molar-refractivity contribution in [3.05, 3.63) is 101 Å². The fraction of sp³-hybridized carbons (Fsp3) is 0.294. The molecule has 4 heterocycles. The predicted molar refractivity (Wildman–Crippen MR) is 159 cm³/mol. The SMILES string of the molecule is C[C@]12O[C@](CCOc3ccc(Cl)cn3)(C[C@@H]1OCc1ccccc1)[C@H]1C(=O)N(c3ccc(C#N)c4ccccc34)C(=O)[C@H]12. The average molecular weight is 594 g/mol. The molecule has 0 unspecified atom stereocenters. The van der Waals surface area contributed by atoms with Crippen LogP contribution in [0.4, 0.5) is 5.69 Å². The van der Waals surface area contributed by atoms with E-state index in [9.17, 15) is 14.9 Å². The number of pyridine rings is 1. The van der Waals surface area contributed by atoms with Crippen molar-refractivity contribution in [2.75, 3.05) is 11.5 Å². The summed E-state index contributed by atoms with van der Waals surface area (Å²) in [6, 6.07) is 26.1. The number of carbonyl (C=O) groups excluding carboxylic acids is 2. The Morgan fingerprint density at radius 3 is 2.49 bits per heavy atom. The van der Waals surface area contributed by atoms with Crippen LogP contribution in [0.15, 0.2) is 85.1 Å². The first-order chi connectivity index (χ1) is 20.8. The van der Waals surface area contributed by atoms with Crippen molar-refractivity contribution in [3.8, 4) is 11.9 Å². The second-order valence-electron chi connectivity index (χ2n) is 11.5. The Morgan fingerprint density at radius 2 is 1.74 bits per heavy atom. The highest BCUT2D eigenvalue weighted by Crippen LogP contribution is 2.63. The number of hydrogen-bond acceptors (Lipinski definition) is 7. The molecule has 0 spiro atoms. The molecule has 3 aliphatic heterocycles. The Bertz CT molecular complexity index is 1770. The van der Waals surface area contributed by atoms with Crippen LogP contribution in [0, 0.1) is 23.2 Å². The van der Waals surface area contributed by atoms with Gasteiger partial charge in [-0.3, -0.25) is 9.59 Å². The van der Waals surface area contributed by atoms with E-state index >= 15 is 0 Å². The van der Waals surface area contributed by atoms with Crippen molar-refractivity contribution in [2.45, 2.75) is 43.7 Å². The highest BCUT2D eigenvalue weighted by atomic mass is 35.5. The molecular formula is C34H28ClN3O5. The minimum absolute atomic E-state index is 0.223. The third-order valence-electron chi connectivity index (χ3n) is 9.12. The number of benzene rings is 3. The van der Waals surface area contributed by atoms with Crippen LogP contribution in [0.5, 0.6) is 5.88 Å². The van der Waals surface area contributed by atoms with Gasteiger partial charge in [-0.15, -0.1) is 0 Å². The molecule has 2 bridgehead atoms. The molecule has 3 aliphatic rings. The van der Waals surface area contributed by atoms with Crippen molar-refractivity contribution in [1.82, 2.24) is 4.98 Å². The Kier molecular flexibility index (Phi) is 6.70. The maximum absolute atomic E-state index is 14.3. The van der Waals surface area contributed by atoms with E-state index in [1.807, 2.05) is 61.5 Å². The third-order valence-corrected chi connectivity index (χ3v) is 9.34. The van der Waals surface area contributed by atoms with E-state index in [1.165, 1.54) is 11.1 Å². The van der Waals surface area contributed by atoms with E-state index in [0.29, 0.717) is 52.4 Å². The lowest BCUT2D eigenvalue weighted by Crippen LogP contribution is -2.50. The lowest BCUT2D eigenvalue weighted by molar-refractivity contribution is -0.137. The minimum Gasteiger partial charge on any atom is -0.478 e. The summed E-state index contributed by atoms with van der Waals surface area (Å²) in [6.45, 7) is 2.47. The molecule has 2 amide bonds. The summed E-state index contributed by atoms with van der Waals surface area (Å²) in [6.07, 6.45) is 1.89. The van der Waals surface area contributed by atoms with Crippen LogP contribution in [0.1, 0.15) is 30.9 Å². The number of amides is 2. The first kappa shape index (κ1) is 27.5. The molecule has 0 aliphatic carbocycles. The Hall–Kier alpha value is -4.29. The lowest BCUT2D eigenvalue weighted by Gasteiger charge is -2.36. The number of halogens is 1. The summed E-state index contributed by atoms with van der Waals surface area (Å²) in [7, 11) is 0. The zero-order valence-corrected chi connectivity index (χ0v) is 24.2. The molecule has 1 aromatic heterocycles. The van der Waals surface area contributed by atoms with E-state index in [-0.39, 0.29) is 18.4 Å². The molecule has 9 heteroatoms. The van der Waals surface area contributed by atoms with Gasteiger partial charge in [0.25, 0.3) is 0 Å². The van der Waals surface area contributed by atoms with Crippen LogP contribution in [0.3, 0.4) is 0 Å². The van der Waals surface area contributed by atoms with Gasteiger partial charge in [-0.05, 0) is 30.7 Å². The van der Waals surface area contributed by atoms with Crippen LogP contribution in [-0.4, -0.2) is 40.7 Å². The van der Waals surface area contributed by atoms with Gasteiger partial charge in [0.1, 0.15) is 5.60 Å². The molecule has 0 saturated carbocycles. The summed E-state index contributed by atoms with van der Waals surface area (Å²) < 4.78 is 19.2. The minimum atomic E-state index is -1.03. The van der Waals surface area contributed by atoms with Gasteiger partial charge in [0.05, 0.1) is 59.1 Å². The number of nitrogens with zero attached hydrogens (tertiary/aromatic N) is 3. The lowest BCUT2D eigenvalue weighted by atomic mass is 9.66. The number of fused-ring (bicyclic) bond motifs is 6. The molecule has 3 saturated heterocycles. The highest BCUT2D eigenvalue weighted by molar-refractivity contribution is 6.30. The summed E-state index contributed by atoms with van der Waals surface area (Å²) in [5.74, 6) is -1.66. The van der Waals surface area contributed by atoms with Gasteiger partial charge < -0.3 is 14.2 Å². The molecule has 43 heavy (non-hydrogen) atoms. The van der Waals surface area contributed by atoms with E-state index < -0.39 is 29.1 Å². The van der Waals surface area contributed by atoms with Gasteiger partial charge in [-0.1, -0.05) is 66.2 Å². The second-order valence-corrected chi connectivity index (χ2v) is 11.9. The number of anilines is 1. The number of carbonyl (C=O) groups is 2. The Labute approximate surface area is 253 Å².